The van der Waals surface area contributed by atoms with E-state index in [0.717, 1.165) is 51.8 Å². The van der Waals surface area contributed by atoms with Gasteiger partial charge in [0.25, 0.3) is 0 Å². The van der Waals surface area contributed by atoms with E-state index in [2.05, 4.69) is 4.90 Å². The number of alkyl halides is 3. The predicted octanol–water partition coefficient (Wildman–Crippen LogP) is 3.32. The maximum absolute atomic E-state index is 10.6. The second-order valence-corrected chi connectivity index (χ2v) is 7.79. The predicted molar refractivity (Wildman–Crippen MR) is 92.6 cm³/mol. The molecule has 6 nitrogen and oxygen atoms in total. The van der Waals surface area contributed by atoms with Gasteiger partial charge >= 0.3 is 12.1 Å². The van der Waals surface area contributed by atoms with Crippen molar-refractivity contribution in [2.24, 2.45) is 11.8 Å². The van der Waals surface area contributed by atoms with Gasteiger partial charge in [-0.15, -0.1) is 0 Å². The van der Waals surface area contributed by atoms with E-state index in [1.807, 2.05) is 12.3 Å². The van der Waals surface area contributed by atoms with Crippen LogP contribution in [0, 0.1) is 11.8 Å². The summed E-state index contributed by atoms with van der Waals surface area (Å²) in [4.78, 5) is 11.3. The first kappa shape index (κ1) is 21.1. The number of rotatable bonds is 7. The molecule has 3 aliphatic rings. The van der Waals surface area contributed by atoms with Crippen molar-refractivity contribution in [2.45, 2.75) is 44.0 Å². The normalized spacial score (nSPS) is 23.9. The smallest absolute Gasteiger partial charge is 0.475 e. The maximum atomic E-state index is 10.6. The van der Waals surface area contributed by atoms with Crippen LogP contribution in [0.1, 0.15) is 31.2 Å². The molecule has 3 heterocycles. The van der Waals surface area contributed by atoms with Gasteiger partial charge in [-0.05, 0) is 43.6 Å². The number of furan rings is 1. The molecule has 1 aliphatic carbocycles. The fourth-order valence-electron chi connectivity index (χ4n) is 3.77. The van der Waals surface area contributed by atoms with Crippen LogP contribution in [-0.4, -0.2) is 60.7 Å². The van der Waals surface area contributed by atoms with Crippen LogP contribution in [0.15, 0.2) is 23.0 Å². The Balaban J connectivity index is 0.000000279. The second-order valence-electron chi connectivity index (χ2n) is 7.79. The van der Waals surface area contributed by atoms with Crippen molar-refractivity contribution in [2.75, 3.05) is 32.9 Å². The van der Waals surface area contributed by atoms with Gasteiger partial charge in [-0.25, -0.2) is 4.79 Å². The van der Waals surface area contributed by atoms with Crippen molar-refractivity contribution in [3.8, 4) is 0 Å². The number of halogens is 3. The van der Waals surface area contributed by atoms with E-state index in [9.17, 15) is 13.2 Å². The van der Waals surface area contributed by atoms with Crippen molar-refractivity contribution in [1.29, 1.82) is 0 Å². The van der Waals surface area contributed by atoms with Crippen LogP contribution in [-0.2, 0) is 20.8 Å². The molecule has 1 aromatic rings. The quantitative estimate of drug-likeness (QED) is 0.702. The lowest BCUT2D eigenvalue weighted by molar-refractivity contribution is -0.192. The standard InChI is InChI=1S/C17H25NO3.C2HF3O2/c1-2-14(1)10-20-7-4-16-5-8-21-17(16)12-18(13-17)9-15-3-6-19-11-15;3-2(4,5)1(6)7/h3,6,11,14,16H,1-2,4-5,7-10,12-13H2;(H,6,7). The summed E-state index contributed by atoms with van der Waals surface area (Å²) in [6.45, 7) is 5.91. The number of carbonyl (C=O) groups is 1. The molecule has 0 aromatic carbocycles. The fraction of sp³-hybridized carbons (Fsp3) is 0.737. The van der Waals surface area contributed by atoms with E-state index < -0.39 is 12.1 Å². The largest absolute Gasteiger partial charge is 0.490 e. The van der Waals surface area contributed by atoms with Gasteiger partial charge in [-0.2, -0.15) is 13.2 Å². The Labute approximate surface area is 161 Å². The third kappa shape index (κ3) is 5.71. The zero-order valence-electron chi connectivity index (χ0n) is 15.6. The van der Waals surface area contributed by atoms with Gasteiger partial charge in [-0.1, -0.05) is 0 Å². The van der Waals surface area contributed by atoms with Crippen molar-refractivity contribution >= 4 is 5.97 Å². The molecule has 2 saturated heterocycles. The molecule has 28 heavy (non-hydrogen) atoms. The SMILES string of the molecule is O=C(O)C(F)(F)F.c1cc(CN2CC3(C2)OCCC3CCOCC2CC2)co1. The molecule has 2 aliphatic heterocycles. The Morgan fingerprint density at radius 1 is 1.32 bits per heavy atom. The van der Waals surface area contributed by atoms with Gasteiger partial charge in [0.15, 0.2) is 0 Å². The van der Waals surface area contributed by atoms with Gasteiger partial charge < -0.3 is 19.0 Å². The van der Waals surface area contributed by atoms with E-state index in [1.165, 1.54) is 24.8 Å². The van der Waals surface area contributed by atoms with E-state index in [1.54, 1.807) is 6.26 Å². The number of hydrogen-bond donors (Lipinski definition) is 1. The zero-order chi connectivity index (χ0) is 20.2. The molecule has 1 atom stereocenters. The lowest BCUT2D eigenvalue weighted by atomic mass is 9.79. The molecule has 0 radical (unpaired) electrons. The molecule has 1 unspecified atom stereocenters. The lowest BCUT2D eigenvalue weighted by Crippen LogP contribution is -2.64. The van der Waals surface area contributed by atoms with E-state index in [0.29, 0.717) is 5.92 Å². The summed E-state index contributed by atoms with van der Waals surface area (Å²) in [6.07, 6.45) is 3.61. The summed E-state index contributed by atoms with van der Waals surface area (Å²) >= 11 is 0. The third-order valence-corrected chi connectivity index (χ3v) is 5.47. The van der Waals surface area contributed by atoms with Crippen LogP contribution in [0.3, 0.4) is 0 Å². The minimum Gasteiger partial charge on any atom is -0.475 e. The minimum atomic E-state index is -5.08. The molecular weight excluding hydrogens is 379 g/mol. The molecule has 158 valence electrons. The number of nitrogens with zero attached hydrogens (tertiary/aromatic N) is 1. The van der Waals surface area contributed by atoms with Crippen LogP contribution in [0.2, 0.25) is 0 Å². The number of carboxylic acids is 1. The highest BCUT2D eigenvalue weighted by Gasteiger charge is 2.52. The van der Waals surface area contributed by atoms with Crippen molar-refractivity contribution < 1.29 is 37.0 Å². The van der Waals surface area contributed by atoms with Gasteiger partial charge in [0.05, 0.1) is 18.1 Å². The number of hydrogen-bond acceptors (Lipinski definition) is 5. The highest BCUT2D eigenvalue weighted by atomic mass is 19.4. The van der Waals surface area contributed by atoms with Crippen LogP contribution >= 0.6 is 0 Å². The average molecular weight is 405 g/mol. The summed E-state index contributed by atoms with van der Waals surface area (Å²) in [6, 6.07) is 2.05. The first-order valence-corrected chi connectivity index (χ1v) is 9.54. The molecule has 1 saturated carbocycles. The molecule has 1 spiro atoms. The Kier molecular flexibility index (Phi) is 6.67. The van der Waals surface area contributed by atoms with Crippen molar-refractivity contribution in [1.82, 2.24) is 4.90 Å². The molecule has 0 bridgehead atoms. The number of likely N-dealkylation sites (tertiary alicyclic amines) is 1. The Morgan fingerprint density at radius 2 is 2.04 bits per heavy atom. The number of aliphatic carboxylic acids is 1. The summed E-state index contributed by atoms with van der Waals surface area (Å²) in [5.41, 5.74) is 1.37. The Morgan fingerprint density at radius 3 is 2.61 bits per heavy atom. The minimum absolute atomic E-state index is 0.118. The van der Waals surface area contributed by atoms with Crippen LogP contribution in [0.5, 0.6) is 0 Å². The van der Waals surface area contributed by atoms with Gasteiger partial charge in [-0.3, -0.25) is 4.90 Å². The number of ether oxygens (including phenoxy) is 2. The molecule has 0 amide bonds. The summed E-state index contributed by atoms with van der Waals surface area (Å²) in [5, 5.41) is 7.12. The molecule has 9 heteroatoms. The molecular formula is C19H26F3NO5. The monoisotopic (exact) mass is 405 g/mol. The molecule has 4 rings (SSSR count). The van der Waals surface area contributed by atoms with Gasteiger partial charge in [0.2, 0.25) is 0 Å². The number of carboxylic acid groups (broad SMARTS) is 1. The summed E-state index contributed by atoms with van der Waals surface area (Å²) in [7, 11) is 0. The summed E-state index contributed by atoms with van der Waals surface area (Å²) in [5.74, 6) is -1.21. The maximum Gasteiger partial charge on any atom is 0.490 e. The van der Waals surface area contributed by atoms with Crippen LogP contribution in [0.4, 0.5) is 13.2 Å². The topological polar surface area (TPSA) is 72.1 Å². The average Bonchev–Trinajstić information content (AvgIpc) is 3.10. The fourth-order valence-corrected chi connectivity index (χ4v) is 3.77. The van der Waals surface area contributed by atoms with Crippen LogP contribution in [0.25, 0.3) is 0 Å². The molecule has 1 aromatic heterocycles. The highest BCUT2D eigenvalue weighted by molar-refractivity contribution is 5.73. The van der Waals surface area contributed by atoms with Crippen LogP contribution < -0.4 is 0 Å². The van der Waals surface area contributed by atoms with Gasteiger partial charge in [0.1, 0.15) is 0 Å². The van der Waals surface area contributed by atoms with Gasteiger partial charge in [0, 0.05) is 45.0 Å². The first-order chi connectivity index (χ1) is 13.3. The van der Waals surface area contributed by atoms with E-state index >= 15 is 0 Å². The highest BCUT2D eigenvalue weighted by Crippen LogP contribution is 2.42. The second kappa shape index (κ2) is 8.84. The Bertz CT molecular complexity index is 624. The van der Waals surface area contributed by atoms with E-state index in [-0.39, 0.29) is 5.60 Å². The third-order valence-electron chi connectivity index (χ3n) is 5.47. The van der Waals surface area contributed by atoms with Crippen molar-refractivity contribution in [3.05, 3.63) is 24.2 Å². The Hall–Kier alpha value is -1.58. The molecule has 3 fully saturated rings. The van der Waals surface area contributed by atoms with Crippen molar-refractivity contribution in [3.63, 3.8) is 0 Å². The first-order valence-electron chi connectivity index (χ1n) is 9.54. The van der Waals surface area contributed by atoms with E-state index in [4.69, 9.17) is 23.8 Å². The summed E-state index contributed by atoms with van der Waals surface area (Å²) < 4.78 is 48.8. The lowest BCUT2D eigenvalue weighted by Gasteiger charge is -2.50. The molecule has 1 N–H and O–H groups in total. The zero-order valence-corrected chi connectivity index (χ0v) is 15.6.